The van der Waals surface area contributed by atoms with Crippen molar-refractivity contribution in [2.24, 2.45) is 0 Å². The minimum absolute atomic E-state index is 0.0670. The zero-order valence-electron chi connectivity index (χ0n) is 15.9. The van der Waals surface area contributed by atoms with Crippen LogP contribution in [0.3, 0.4) is 0 Å². The number of hydrogen-bond acceptors (Lipinski definition) is 5. The van der Waals surface area contributed by atoms with Crippen LogP contribution in [0.4, 0.5) is 4.79 Å². The zero-order chi connectivity index (χ0) is 19.8. The molecule has 0 aliphatic heterocycles. The average Bonchev–Trinajstić information content (AvgIpc) is 2.72. The van der Waals surface area contributed by atoms with E-state index in [4.69, 9.17) is 21.1 Å². The summed E-state index contributed by atoms with van der Waals surface area (Å²) in [5.74, 6) is 0.830. The number of methoxy groups -OCH3 is 1. The Morgan fingerprint density at radius 2 is 1.82 bits per heavy atom. The molecule has 1 aliphatic rings. The molecule has 0 spiro atoms. The van der Waals surface area contributed by atoms with Gasteiger partial charge in [-0.2, -0.15) is 0 Å². The molecule has 1 heterocycles. The van der Waals surface area contributed by atoms with Crippen LogP contribution in [0.2, 0.25) is 5.02 Å². The van der Waals surface area contributed by atoms with Crippen molar-refractivity contribution in [2.75, 3.05) is 13.7 Å². The molecule has 0 bridgehead atoms. The smallest absolute Gasteiger partial charge is 0.316 e. The van der Waals surface area contributed by atoms with Crippen molar-refractivity contribution < 1.29 is 14.3 Å². The summed E-state index contributed by atoms with van der Waals surface area (Å²) in [6.07, 6.45) is 7.32. The normalized spacial score (nSPS) is 18.9. The second-order valence-electron chi connectivity index (χ2n) is 6.77. The second-order valence-corrected chi connectivity index (χ2v) is 7.21. The minimum Gasteiger partial charge on any atom is -0.497 e. The van der Waals surface area contributed by atoms with Crippen LogP contribution in [0.25, 0.3) is 0 Å². The molecule has 0 radical (unpaired) electrons. The predicted octanol–water partition coefficient (Wildman–Crippen LogP) is 3.37. The number of nitrogens with one attached hydrogen (secondary N) is 2. The number of halogens is 1. The number of nitrogens with zero attached hydrogens (tertiary/aromatic N) is 2. The lowest BCUT2D eigenvalue weighted by Crippen LogP contribution is -2.45. The third kappa shape index (κ3) is 6.27. The van der Waals surface area contributed by atoms with Gasteiger partial charge in [-0.15, -0.1) is 0 Å². The molecule has 1 fully saturated rings. The number of carbonyl (C=O) groups excluding carboxylic acids is 1. The Morgan fingerprint density at radius 1 is 1.14 bits per heavy atom. The zero-order valence-corrected chi connectivity index (χ0v) is 16.6. The molecule has 150 valence electrons. The van der Waals surface area contributed by atoms with Crippen molar-refractivity contribution in [2.45, 2.75) is 44.2 Å². The Morgan fingerprint density at radius 3 is 2.46 bits per heavy atom. The van der Waals surface area contributed by atoms with E-state index in [1.807, 2.05) is 24.3 Å². The van der Waals surface area contributed by atoms with Crippen LogP contribution in [-0.4, -0.2) is 41.8 Å². The summed E-state index contributed by atoms with van der Waals surface area (Å²) in [6.45, 7) is 0.588. The van der Waals surface area contributed by atoms with Crippen molar-refractivity contribution >= 4 is 17.6 Å². The summed E-state index contributed by atoms with van der Waals surface area (Å²) in [5, 5.41) is 6.44. The number of aromatic nitrogens is 2. The van der Waals surface area contributed by atoms with Gasteiger partial charge in [0.25, 0.3) is 0 Å². The molecule has 1 aromatic carbocycles. The number of hydrogen-bond donors (Lipinski definition) is 2. The summed E-state index contributed by atoms with van der Waals surface area (Å²) in [5.41, 5.74) is 1.16. The maximum Gasteiger partial charge on any atom is 0.316 e. The van der Waals surface area contributed by atoms with Gasteiger partial charge in [0.2, 0.25) is 0 Å². The Balaban J connectivity index is 1.32. The van der Waals surface area contributed by atoms with Crippen molar-refractivity contribution in [3.63, 3.8) is 0 Å². The Hall–Kier alpha value is -2.54. The molecule has 1 aliphatic carbocycles. The van der Waals surface area contributed by atoms with Crippen LogP contribution in [0.1, 0.15) is 31.2 Å². The van der Waals surface area contributed by atoms with E-state index in [1.54, 1.807) is 7.11 Å². The monoisotopic (exact) mass is 404 g/mol. The van der Waals surface area contributed by atoms with Crippen molar-refractivity contribution in [1.82, 2.24) is 20.6 Å². The Labute approximate surface area is 169 Å². The van der Waals surface area contributed by atoms with Gasteiger partial charge in [-0.25, -0.2) is 14.8 Å². The summed E-state index contributed by atoms with van der Waals surface area (Å²) in [7, 11) is 1.64. The van der Waals surface area contributed by atoms with Crippen molar-refractivity contribution in [3.05, 3.63) is 47.2 Å². The van der Waals surface area contributed by atoms with Crippen molar-refractivity contribution in [1.29, 1.82) is 0 Å². The standard InChI is InChI=1S/C20H25ClN4O3/c1-27-17-6-2-14(3-7-17)10-11-22-19(26)25-16-4-8-18(9-5-16)28-20-23-12-15(21)13-24-20/h2-3,6-7,12-13,16,18H,4-5,8-11H2,1H3,(H2,22,25,26). The quantitative estimate of drug-likeness (QED) is 0.739. The average molecular weight is 405 g/mol. The van der Waals surface area contributed by atoms with E-state index in [0.717, 1.165) is 43.4 Å². The first-order chi connectivity index (χ1) is 13.6. The van der Waals surface area contributed by atoms with E-state index in [1.165, 1.54) is 12.4 Å². The van der Waals surface area contributed by atoms with Gasteiger partial charge < -0.3 is 20.1 Å². The van der Waals surface area contributed by atoms with E-state index in [9.17, 15) is 4.79 Å². The molecule has 2 N–H and O–H groups in total. The maximum absolute atomic E-state index is 12.1. The largest absolute Gasteiger partial charge is 0.497 e. The first kappa shape index (κ1) is 20.2. The van der Waals surface area contributed by atoms with Crippen LogP contribution in [0.5, 0.6) is 11.8 Å². The first-order valence-electron chi connectivity index (χ1n) is 9.44. The fraction of sp³-hybridized carbons (Fsp3) is 0.450. The highest BCUT2D eigenvalue weighted by molar-refractivity contribution is 6.30. The van der Waals surface area contributed by atoms with Crippen LogP contribution in [-0.2, 0) is 6.42 Å². The first-order valence-corrected chi connectivity index (χ1v) is 9.81. The van der Waals surface area contributed by atoms with Gasteiger partial charge in [0, 0.05) is 12.6 Å². The molecule has 0 unspecified atom stereocenters. The number of benzene rings is 1. The maximum atomic E-state index is 12.1. The molecule has 7 nitrogen and oxygen atoms in total. The molecular weight excluding hydrogens is 380 g/mol. The topological polar surface area (TPSA) is 85.4 Å². The Bertz CT molecular complexity index is 747. The lowest BCUT2D eigenvalue weighted by atomic mass is 9.93. The van der Waals surface area contributed by atoms with E-state index < -0.39 is 0 Å². The highest BCUT2D eigenvalue weighted by Crippen LogP contribution is 2.22. The number of rotatable bonds is 7. The van der Waals surface area contributed by atoms with Gasteiger partial charge in [-0.3, -0.25) is 0 Å². The molecule has 2 aromatic rings. The van der Waals surface area contributed by atoms with Crippen LogP contribution in [0, 0.1) is 0 Å². The third-order valence-electron chi connectivity index (χ3n) is 4.74. The summed E-state index contributed by atoms with van der Waals surface area (Å²) < 4.78 is 10.9. The Kier molecular flexibility index (Phi) is 7.31. The van der Waals surface area contributed by atoms with E-state index in [-0.39, 0.29) is 18.2 Å². The molecule has 3 rings (SSSR count). The SMILES string of the molecule is COc1ccc(CCNC(=O)NC2CCC(Oc3ncc(Cl)cn3)CC2)cc1. The minimum atomic E-state index is -0.126. The van der Waals surface area contributed by atoms with Crippen LogP contribution >= 0.6 is 11.6 Å². The van der Waals surface area contributed by atoms with Gasteiger partial charge in [0.05, 0.1) is 24.5 Å². The summed E-state index contributed by atoms with van der Waals surface area (Å²) in [4.78, 5) is 20.2. The van der Waals surface area contributed by atoms with Gasteiger partial charge in [-0.05, 0) is 49.8 Å². The molecular formula is C20H25ClN4O3. The van der Waals surface area contributed by atoms with Gasteiger partial charge in [-0.1, -0.05) is 23.7 Å². The highest BCUT2D eigenvalue weighted by Gasteiger charge is 2.24. The van der Waals surface area contributed by atoms with E-state index >= 15 is 0 Å². The van der Waals surface area contributed by atoms with Gasteiger partial charge >= 0.3 is 12.0 Å². The third-order valence-corrected chi connectivity index (χ3v) is 4.93. The fourth-order valence-electron chi connectivity index (χ4n) is 3.18. The van der Waals surface area contributed by atoms with Crippen LogP contribution in [0.15, 0.2) is 36.7 Å². The molecule has 0 atom stereocenters. The fourth-order valence-corrected chi connectivity index (χ4v) is 3.28. The molecule has 0 saturated heterocycles. The molecule has 28 heavy (non-hydrogen) atoms. The molecule has 2 amide bonds. The summed E-state index contributed by atoms with van der Waals surface area (Å²) in [6, 6.07) is 8.23. The van der Waals surface area contributed by atoms with Crippen molar-refractivity contribution in [3.8, 4) is 11.8 Å². The number of urea groups is 1. The van der Waals surface area contributed by atoms with E-state index in [2.05, 4.69) is 20.6 Å². The molecule has 1 saturated carbocycles. The predicted molar refractivity (Wildman–Crippen MR) is 107 cm³/mol. The van der Waals surface area contributed by atoms with Crippen LogP contribution < -0.4 is 20.1 Å². The number of ether oxygens (including phenoxy) is 2. The second kappa shape index (κ2) is 10.1. The molecule has 1 aromatic heterocycles. The lowest BCUT2D eigenvalue weighted by Gasteiger charge is -2.28. The van der Waals surface area contributed by atoms with E-state index in [0.29, 0.717) is 17.6 Å². The lowest BCUT2D eigenvalue weighted by molar-refractivity contribution is 0.129. The van der Waals surface area contributed by atoms with Gasteiger partial charge in [0.15, 0.2) is 0 Å². The number of carbonyl (C=O) groups is 1. The summed E-state index contributed by atoms with van der Waals surface area (Å²) >= 11 is 5.77. The molecule has 8 heteroatoms. The van der Waals surface area contributed by atoms with Gasteiger partial charge in [0.1, 0.15) is 11.9 Å². The number of amides is 2. The highest BCUT2D eigenvalue weighted by atomic mass is 35.5.